The van der Waals surface area contributed by atoms with E-state index in [9.17, 15) is 0 Å². The van der Waals surface area contributed by atoms with Gasteiger partial charge < -0.3 is 9.26 Å². The second-order valence-corrected chi connectivity index (χ2v) is 5.65. The van der Waals surface area contributed by atoms with Crippen molar-refractivity contribution in [2.75, 3.05) is 7.11 Å². The predicted molar refractivity (Wildman–Crippen MR) is 93.6 cm³/mol. The number of aromatic nitrogens is 6. The second-order valence-electron chi connectivity index (χ2n) is 5.65. The fourth-order valence-corrected chi connectivity index (χ4v) is 2.72. The standard InChI is InChI=1S/C18H12N6O2/c1-25-12-3-5-13-11(8-12)2-4-14(21-13)17-22-18(26-23-17)15-9-16-19-6-7-24(16)10-20-15/h2-10H,1H3. The highest BCUT2D eigenvalue weighted by molar-refractivity contribution is 5.82. The van der Waals surface area contributed by atoms with Crippen LogP contribution in [0.25, 0.3) is 39.7 Å². The molecule has 4 aromatic heterocycles. The highest BCUT2D eigenvalue weighted by Crippen LogP contribution is 2.24. The van der Waals surface area contributed by atoms with Crippen LogP contribution in [0.15, 0.2) is 59.6 Å². The summed E-state index contributed by atoms with van der Waals surface area (Å²) in [5.41, 5.74) is 2.77. The normalized spacial score (nSPS) is 11.3. The zero-order valence-electron chi connectivity index (χ0n) is 13.7. The maximum absolute atomic E-state index is 5.36. The molecule has 1 aromatic carbocycles. The number of pyridine rings is 1. The largest absolute Gasteiger partial charge is 0.497 e. The SMILES string of the molecule is COc1ccc2nc(-c3noc(-c4cc5nccn5cn4)n3)ccc2c1. The van der Waals surface area contributed by atoms with Gasteiger partial charge in [0.2, 0.25) is 5.82 Å². The molecular formula is C18H12N6O2. The van der Waals surface area contributed by atoms with E-state index in [4.69, 9.17) is 9.26 Å². The Bertz CT molecular complexity index is 1240. The van der Waals surface area contributed by atoms with Gasteiger partial charge in [-0.2, -0.15) is 4.98 Å². The van der Waals surface area contributed by atoms with Gasteiger partial charge in [0.15, 0.2) is 0 Å². The Kier molecular flexibility index (Phi) is 3.14. The van der Waals surface area contributed by atoms with Gasteiger partial charge >= 0.3 is 0 Å². The summed E-state index contributed by atoms with van der Waals surface area (Å²) in [5, 5.41) is 5.01. The fraction of sp³-hybridized carbons (Fsp3) is 0.0556. The number of imidazole rings is 1. The number of hydrogen-bond donors (Lipinski definition) is 0. The van der Waals surface area contributed by atoms with Gasteiger partial charge in [0.1, 0.15) is 29.1 Å². The Balaban J connectivity index is 1.53. The zero-order valence-corrected chi connectivity index (χ0v) is 13.7. The van der Waals surface area contributed by atoms with Crippen LogP contribution in [0.5, 0.6) is 5.75 Å². The summed E-state index contributed by atoms with van der Waals surface area (Å²) in [4.78, 5) is 17.6. The van der Waals surface area contributed by atoms with Crippen LogP contribution in [-0.4, -0.2) is 36.6 Å². The molecule has 0 atom stereocenters. The maximum atomic E-state index is 5.36. The first-order valence-corrected chi connectivity index (χ1v) is 7.88. The highest BCUT2D eigenvalue weighted by Gasteiger charge is 2.14. The van der Waals surface area contributed by atoms with Crippen molar-refractivity contribution in [3.05, 3.63) is 55.1 Å². The lowest BCUT2D eigenvalue weighted by atomic mass is 10.2. The maximum Gasteiger partial charge on any atom is 0.277 e. The molecule has 0 N–H and O–H groups in total. The van der Waals surface area contributed by atoms with Crippen molar-refractivity contribution < 1.29 is 9.26 Å². The molecule has 126 valence electrons. The van der Waals surface area contributed by atoms with Crippen molar-refractivity contribution in [2.45, 2.75) is 0 Å². The summed E-state index contributed by atoms with van der Waals surface area (Å²) >= 11 is 0. The van der Waals surface area contributed by atoms with Crippen molar-refractivity contribution >= 4 is 16.6 Å². The van der Waals surface area contributed by atoms with E-state index in [1.165, 1.54) is 0 Å². The van der Waals surface area contributed by atoms with E-state index in [1.54, 1.807) is 30.1 Å². The van der Waals surface area contributed by atoms with Crippen molar-refractivity contribution in [1.29, 1.82) is 0 Å². The van der Waals surface area contributed by atoms with Gasteiger partial charge in [0, 0.05) is 23.8 Å². The first-order chi connectivity index (χ1) is 12.8. The average molecular weight is 344 g/mol. The lowest BCUT2D eigenvalue weighted by Gasteiger charge is -2.02. The molecule has 0 saturated heterocycles. The van der Waals surface area contributed by atoms with E-state index in [0.717, 1.165) is 22.3 Å². The first kappa shape index (κ1) is 14.5. The van der Waals surface area contributed by atoms with Gasteiger partial charge in [-0.05, 0) is 24.3 Å². The average Bonchev–Trinajstić information content (AvgIpc) is 3.36. The van der Waals surface area contributed by atoms with Gasteiger partial charge in [0.05, 0.1) is 12.6 Å². The molecule has 5 rings (SSSR count). The van der Waals surface area contributed by atoms with Crippen molar-refractivity contribution in [3.63, 3.8) is 0 Å². The number of nitrogens with zero attached hydrogens (tertiary/aromatic N) is 6. The molecule has 0 amide bonds. The van der Waals surface area contributed by atoms with Gasteiger partial charge in [-0.25, -0.2) is 15.0 Å². The van der Waals surface area contributed by atoms with Crippen LogP contribution in [-0.2, 0) is 0 Å². The zero-order chi connectivity index (χ0) is 17.5. The third-order valence-corrected chi connectivity index (χ3v) is 4.06. The van der Waals surface area contributed by atoms with Crippen molar-refractivity contribution in [2.24, 2.45) is 0 Å². The van der Waals surface area contributed by atoms with Crippen LogP contribution in [0.3, 0.4) is 0 Å². The topological polar surface area (TPSA) is 91.2 Å². The summed E-state index contributed by atoms with van der Waals surface area (Å²) in [5.74, 6) is 1.51. The summed E-state index contributed by atoms with van der Waals surface area (Å²) < 4.78 is 12.4. The van der Waals surface area contributed by atoms with E-state index in [1.807, 2.05) is 36.5 Å². The summed E-state index contributed by atoms with van der Waals surface area (Å²) in [7, 11) is 1.64. The summed E-state index contributed by atoms with van der Waals surface area (Å²) in [6, 6.07) is 11.3. The van der Waals surface area contributed by atoms with Gasteiger partial charge in [-0.3, -0.25) is 4.40 Å². The third kappa shape index (κ3) is 2.35. The highest BCUT2D eigenvalue weighted by atomic mass is 16.5. The van der Waals surface area contributed by atoms with E-state index in [0.29, 0.717) is 23.1 Å². The number of fused-ring (bicyclic) bond motifs is 2. The number of ether oxygens (including phenoxy) is 1. The smallest absolute Gasteiger partial charge is 0.277 e. The molecule has 5 aromatic rings. The van der Waals surface area contributed by atoms with Crippen LogP contribution in [0.1, 0.15) is 0 Å². The van der Waals surface area contributed by atoms with Gasteiger partial charge in [0.25, 0.3) is 5.89 Å². The Morgan fingerprint density at radius 2 is 1.96 bits per heavy atom. The molecule has 8 nitrogen and oxygen atoms in total. The molecule has 26 heavy (non-hydrogen) atoms. The van der Waals surface area contributed by atoms with E-state index in [-0.39, 0.29) is 0 Å². The minimum absolute atomic E-state index is 0.321. The minimum Gasteiger partial charge on any atom is -0.497 e. The number of benzene rings is 1. The molecule has 8 heteroatoms. The molecule has 0 spiro atoms. The minimum atomic E-state index is 0.321. The van der Waals surface area contributed by atoms with Gasteiger partial charge in [-0.1, -0.05) is 11.2 Å². The van der Waals surface area contributed by atoms with E-state index >= 15 is 0 Å². The molecule has 0 aliphatic rings. The van der Waals surface area contributed by atoms with Crippen LogP contribution in [0.2, 0.25) is 0 Å². The molecule has 4 heterocycles. The van der Waals surface area contributed by atoms with Gasteiger partial charge in [-0.15, -0.1) is 0 Å². The van der Waals surface area contributed by atoms with Crippen LogP contribution >= 0.6 is 0 Å². The van der Waals surface area contributed by atoms with E-state index < -0.39 is 0 Å². The summed E-state index contributed by atoms with van der Waals surface area (Å²) in [6.07, 6.45) is 5.18. The monoisotopic (exact) mass is 344 g/mol. The third-order valence-electron chi connectivity index (χ3n) is 4.06. The fourth-order valence-electron chi connectivity index (χ4n) is 2.72. The van der Waals surface area contributed by atoms with Crippen molar-refractivity contribution in [1.82, 2.24) is 29.5 Å². The quantitative estimate of drug-likeness (QED) is 0.497. The molecule has 0 bridgehead atoms. The second kappa shape index (κ2) is 5.62. The lowest BCUT2D eigenvalue weighted by molar-refractivity contribution is 0.415. The molecule has 0 fully saturated rings. The number of rotatable bonds is 3. The Labute approximate surface area is 147 Å². The first-order valence-electron chi connectivity index (χ1n) is 7.88. The lowest BCUT2D eigenvalue weighted by Crippen LogP contribution is -1.91. The summed E-state index contributed by atoms with van der Waals surface area (Å²) in [6.45, 7) is 0. The molecule has 0 radical (unpaired) electrons. The Morgan fingerprint density at radius 1 is 1.00 bits per heavy atom. The van der Waals surface area contributed by atoms with Crippen LogP contribution in [0.4, 0.5) is 0 Å². The van der Waals surface area contributed by atoms with Crippen LogP contribution < -0.4 is 4.74 Å². The molecule has 0 unspecified atom stereocenters. The van der Waals surface area contributed by atoms with Crippen LogP contribution in [0, 0.1) is 0 Å². The van der Waals surface area contributed by atoms with Crippen molar-refractivity contribution in [3.8, 4) is 28.9 Å². The molecular weight excluding hydrogens is 332 g/mol. The Morgan fingerprint density at radius 3 is 2.88 bits per heavy atom. The number of hydrogen-bond acceptors (Lipinski definition) is 7. The molecule has 0 aliphatic carbocycles. The molecule has 0 saturated carbocycles. The predicted octanol–water partition coefficient (Wildman–Crippen LogP) is 3.00. The number of methoxy groups -OCH3 is 1. The Hall–Kier alpha value is -3.81. The van der Waals surface area contributed by atoms with E-state index in [2.05, 4.69) is 25.1 Å². The molecule has 0 aliphatic heterocycles.